The molecule has 1 fully saturated rings. The van der Waals surface area contributed by atoms with Gasteiger partial charge in [0.25, 0.3) is 0 Å². The summed E-state index contributed by atoms with van der Waals surface area (Å²) in [6.45, 7) is 1.41. The molecule has 1 atom stereocenters. The number of thioether (sulfide) groups is 1. The van der Waals surface area contributed by atoms with E-state index in [1.165, 1.54) is 0 Å². The second-order valence-corrected chi connectivity index (χ2v) is 5.73. The summed E-state index contributed by atoms with van der Waals surface area (Å²) in [6.07, 6.45) is 3.93. The number of ether oxygens (including phenoxy) is 2. The van der Waals surface area contributed by atoms with Crippen LogP contribution in [0.1, 0.15) is 18.4 Å². The highest BCUT2D eigenvalue weighted by Gasteiger charge is 2.21. The van der Waals surface area contributed by atoms with Crippen molar-refractivity contribution in [3.05, 3.63) is 17.7 Å². The SMILES string of the molecule is COc1cc(CNC2CCCNC2=O)c(SC)cc1OC. The zero-order valence-electron chi connectivity index (χ0n) is 12.7. The van der Waals surface area contributed by atoms with Crippen molar-refractivity contribution in [3.8, 4) is 11.5 Å². The lowest BCUT2D eigenvalue weighted by Gasteiger charge is -2.23. The van der Waals surface area contributed by atoms with Crippen LogP contribution in [0.4, 0.5) is 0 Å². The Kier molecular flexibility index (Phi) is 5.76. The van der Waals surface area contributed by atoms with Crippen LogP contribution in [0, 0.1) is 0 Å². The highest BCUT2D eigenvalue weighted by Crippen LogP contribution is 2.34. The molecule has 0 aliphatic carbocycles. The lowest BCUT2D eigenvalue weighted by Crippen LogP contribution is -2.47. The van der Waals surface area contributed by atoms with Gasteiger partial charge in [0.1, 0.15) is 0 Å². The van der Waals surface area contributed by atoms with Crippen LogP contribution in [-0.2, 0) is 11.3 Å². The molecule has 0 radical (unpaired) electrons. The second-order valence-electron chi connectivity index (χ2n) is 4.89. The minimum atomic E-state index is -0.110. The van der Waals surface area contributed by atoms with E-state index in [2.05, 4.69) is 10.6 Å². The van der Waals surface area contributed by atoms with Crippen LogP contribution >= 0.6 is 11.8 Å². The third kappa shape index (κ3) is 3.83. The summed E-state index contributed by atoms with van der Waals surface area (Å²) >= 11 is 1.66. The van der Waals surface area contributed by atoms with Gasteiger partial charge >= 0.3 is 0 Å². The Hall–Kier alpha value is -1.40. The highest BCUT2D eigenvalue weighted by atomic mass is 32.2. The molecule has 1 aromatic carbocycles. The Morgan fingerprint density at radius 2 is 2.05 bits per heavy atom. The molecule has 0 aromatic heterocycles. The van der Waals surface area contributed by atoms with Gasteiger partial charge in [0.05, 0.1) is 20.3 Å². The molecule has 2 rings (SSSR count). The van der Waals surface area contributed by atoms with Crippen molar-refractivity contribution in [1.29, 1.82) is 0 Å². The van der Waals surface area contributed by atoms with Crippen LogP contribution in [0.3, 0.4) is 0 Å². The number of benzene rings is 1. The third-order valence-electron chi connectivity index (χ3n) is 3.61. The Balaban J connectivity index is 2.12. The number of piperidine rings is 1. The fourth-order valence-corrected chi connectivity index (χ4v) is 3.05. The van der Waals surface area contributed by atoms with Gasteiger partial charge in [-0.05, 0) is 36.8 Å². The van der Waals surface area contributed by atoms with Gasteiger partial charge in [-0.15, -0.1) is 11.8 Å². The van der Waals surface area contributed by atoms with Gasteiger partial charge in [0.15, 0.2) is 11.5 Å². The van der Waals surface area contributed by atoms with Crippen molar-refractivity contribution >= 4 is 17.7 Å². The van der Waals surface area contributed by atoms with Crippen LogP contribution in [0.5, 0.6) is 11.5 Å². The molecule has 0 spiro atoms. The van der Waals surface area contributed by atoms with Crippen molar-refractivity contribution in [2.24, 2.45) is 0 Å². The van der Waals surface area contributed by atoms with E-state index in [1.54, 1.807) is 26.0 Å². The Morgan fingerprint density at radius 3 is 2.67 bits per heavy atom. The second kappa shape index (κ2) is 7.56. The number of methoxy groups -OCH3 is 2. The van der Waals surface area contributed by atoms with Gasteiger partial charge in [-0.2, -0.15) is 0 Å². The Labute approximate surface area is 129 Å². The number of hydrogen-bond donors (Lipinski definition) is 2. The summed E-state index contributed by atoms with van der Waals surface area (Å²) in [5, 5.41) is 6.22. The molecular weight excluding hydrogens is 288 g/mol. The van der Waals surface area contributed by atoms with Crippen LogP contribution in [0.15, 0.2) is 17.0 Å². The first kappa shape index (κ1) is 16.0. The normalized spacial score (nSPS) is 18.2. The molecule has 21 heavy (non-hydrogen) atoms. The van der Waals surface area contributed by atoms with E-state index in [4.69, 9.17) is 9.47 Å². The van der Waals surface area contributed by atoms with Crippen molar-refractivity contribution in [2.75, 3.05) is 27.0 Å². The predicted octanol–water partition coefficient (Wildman–Crippen LogP) is 1.79. The topological polar surface area (TPSA) is 59.6 Å². The summed E-state index contributed by atoms with van der Waals surface area (Å²) < 4.78 is 10.7. The molecule has 1 aliphatic heterocycles. The Morgan fingerprint density at radius 1 is 1.33 bits per heavy atom. The standard InChI is InChI=1S/C15H22N2O3S/c1-19-12-7-10(14(21-3)8-13(12)20-2)9-17-11-5-4-6-16-15(11)18/h7-8,11,17H,4-6,9H2,1-3H3,(H,16,18). The van der Waals surface area contributed by atoms with Crippen LogP contribution in [0.25, 0.3) is 0 Å². The number of nitrogens with one attached hydrogen (secondary N) is 2. The molecule has 0 bridgehead atoms. The van der Waals surface area contributed by atoms with Crippen LogP contribution in [-0.4, -0.2) is 39.0 Å². The number of carbonyl (C=O) groups excluding carboxylic acids is 1. The van der Waals surface area contributed by atoms with E-state index in [0.717, 1.165) is 35.6 Å². The molecule has 1 unspecified atom stereocenters. The first-order chi connectivity index (χ1) is 10.2. The quantitative estimate of drug-likeness (QED) is 0.785. The monoisotopic (exact) mass is 310 g/mol. The third-order valence-corrected chi connectivity index (χ3v) is 4.43. The average molecular weight is 310 g/mol. The van der Waals surface area contributed by atoms with Crippen LogP contribution < -0.4 is 20.1 Å². The predicted molar refractivity (Wildman–Crippen MR) is 84.2 cm³/mol. The van der Waals surface area contributed by atoms with Crippen molar-refractivity contribution < 1.29 is 14.3 Å². The molecule has 1 aromatic rings. The van der Waals surface area contributed by atoms with E-state index < -0.39 is 0 Å². The van der Waals surface area contributed by atoms with E-state index >= 15 is 0 Å². The molecule has 6 heteroatoms. The molecule has 116 valence electrons. The van der Waals surface area contributed by atoms with Crippen molar-refractivity contribution in [2.45, 2.75) is 30.3 Å². The fraction of sp³-hybridized carbons (Fsp3) is 0.533. The van der Waals surface area contributed by atoms with E-state index in [1.807, 2.05) is 18.4 Å². The number of carbonyl (C=O) groups is 1. The number of hydrogen-bond acceptors (Lipinski definition) is 5. The highest BCUT2D eigenvalue weighted by molar-refractivity contribution is 7.98. The van der Waals surface area contributed by atoms with Crippen molar-refractivity contribution in [1.82, 2.24) is 10.6 Å². The average Bonchev–Trinajstić information content (AvgIpc) is 2.53. The largest absolute Gasteiger partial charge is 0.493 e. The zero-order chi connectivity index (χ0) is 15.2. The summed E-state index contributed by atoms with van der Waals surface area (Å²) in [4.78, 5) is 12.9. The lowest BCUT2D eigenvalue weighted by atomic mass is 10.1. The Bertz CT molecular complexity index is 508. The van der Waals surface area contributed by atoms with Gasteiger partial charge in [0, 0.05) is 18.0 Å². The van der Waals surface area contributed by atoms with E-state index in [-0.39, 0.29) is 11.9 Å². The lowest BCUT2D eigenvalue weighted by molar-refractivity contribution is -0.124. The first-order valence-electron chi connectivity index (χ1n) is 6.99. The molecular formula is C15H22N2O3S. The van der Waals surface area contributed by atoms with E-state index in [0.29, 0.717) is 12.3 Å². The zero-order valence-corrected chi connectivity index (χ0v) is 13.5. The molecule has 1 aliphatic rings. The minimum absolute atomic E-state index is 0.0902. The smallest absolute Gasteiger partial charge is 0.237 e. The van der Waals surface area contributed by atoms with Crippen molar-refractivity contribution in [3.63, 3.8) is 0 Å². The molecule has 2 N–H and O–H groups in total. The number of rotatable bonds is 6. The molecule has 1 amide bonds. The van der Waals surface area contributed by atoms with Gasteiger partial charge < -0.3 is 20.1 Å². The van der Waals surface area contributed by atoms with Crippen LogP contribution in [0.2, 0.25) is 0 Å². The molecule has 0 saturated carbocycles. The van der Waals surface area contributed by atoms with Gasteiger partial charge in [-0.3, -0.25) is 4.79 Å². The fourth-order valence-electron chi connectivity index (χ4n) is 2.43. The van der Waals surface area contributed by atoms with Gasteiger partial charge in [0.2, 0.25) is 5.91 Å². The summed E-state index contributed by atoms with van der Waals surface area (Å²) in [7, 11) is 3.26. The maximum Gasteiger partial charge on any atom is 0.237 e. The van der Waals surface area contributed by atoms with Gasteiger partial charge in [-0.25, -0.2) is 0 Å². The summed E-state index contributed by atoms with van der Waals surface area (Å²) in [5.41, 5.74) is 1.11. The van der Waals surface area contributed by atoms with Gasteiger partial charge in [-0.1, -0.05) is 0 Å². The molecule has 1 saturated heterocycles. The maximum atomic E-state index is 11.8. The van der Waals surface area contributed by atoms with E-state index in [9.17, 15) is 4.79 Å². The summed E-state index contributed by atoms with van der Waals surface area (Å²) in [6, 6.07) is 3.83. The number of amides is 1. The maximum absolute atomic E-state index is 11.8. The molecule has 5 nitrogen and oxygen atoms in total. The first-order valence-corrected chi connectivity index (χ1v) is 8.22. The minimum Gasteiger partial charge on any atom is -0.493 e. The summed E-state index contributed by atoms with van der Waals surface area (Å²) in [5.74, 6) is 1.52. The molecule has 1 heterocycles.